The molecule has 5 rings (SSSR count). The minimum atomic E-state index is -0.723. The van der Waals surface area contributed by atoms with Crippen molar-refractivity contribution in [1.82, 2.24) is 4.98 Å². The Hall–Kier alpha value is -2.84. The summed E-state index contributed by atoms with van der Waals surface area (Å²) in [6.45, 7) is 1.94. The van der Waals surface area contributed by atoms with Gasteiger partial charge in [-0.15, -0.1) is 0 Å². The lowest BCUT2D eigenvalue weighted by Gasteiger charge is -2.38. The first-order valence-electron chi connectivity index (χ1n) is 9.09. The number of amides is 1. The highest BCUT2D eigenvalue weighted by Crippen LogP contribution is 2.53. The summed E-state index contributed by atoms with van der Waals surface area (Å²) in [4.78, 5) is 41.6. The fraction of sp³-hybridized carbons (Fsp3) is 0.190. The lowest BCUT2D eigenvalue weighted by atomic mass is 9.80. The van der Waals surface area contributed by atoms with Crippen LogP contribution in [0.3, 0.4) is 0 Å². The average Bonchev–Trinajstić information content (AvgIpc) is 3.07. The molecular weight excluding hydrogens is 408 g/mol. The lowest BCUT2D eigenvalue weighted by Crippen LogP contribution is -2.46. The zero-order chi connectivity index (χ0) is 20.1. The largest absolute Gasteiger partial charge is 0.426 e. The second-order valence-electron chi connectivity index (χ2n) is 7.07. The van der Waals surface area contributed by atoms with Gasteiger partial charge in [0.2, 0.25) is 5.91 Å². The summed E-state index contributed by atoms with van der Waals surface area (Å²) in [6.07, 6.45) is 0. The van der Waals surface area contributed by atoms with Crippen LogP contribution in [0.4, 0.5) is 5.69 Å². The maximum absolute atomic E-state index is 13.2. The summed E-state index contributed by atoms with van der Waals surface area (Å²) >= 11 is 2.31. The molecule has 146 valence electrons. The molecule has 0 spiro atoms. The number of rotatable bonds is 2. The molecule has 29 heavy (non-hydrogen) atoms. The number of ether oxygens (including phenoxy) is 1. The van der Waals surface area contributed by atoms with E-state index in [-0.39, 0.29) is 16.7 Å². The van der Waals surface area contributed by atoms with Crippen molar-refractivity contribution in [3.63, 3.8) is 0 Å². The van der Waals surface area contributed by atoms with Crippen molar-refractivity contribution < 1.29 is 14.3 Å². The molecule has 0 fully saturated rings. The van der Waals surface area contributed by atoms with Gasteiger partial charge < -0.3 is 15.0 Å². The van der Waals surface area contributed by atoms with Gasteiger partial charge in [0.25, 0.3) is 0 Å². The first-order valence-corrected chi connectivity index (χ1v) is 10.8. The third-order valence-electron chi connectivity index (χ3n) is 5.14. The Kier molecular flexibility index (Phi) is 4.33. The molecule has 3 atom stereocenters. The normalized spacial score (nSPS) is 22.1. The van der Waals surface area contributed by atoms with Crippen LogP contribution in [0.2, 0.25) is 0 Å². The number of aromatic amines is 1. The number of esters is 1. The first-order chi connectivity index (χ1) is 14.0. The van der Waals surface area contributed by atoms with Crippen molar-refractivity contribution in [3.05, 3.63) is 74.2 Å². The Balaban J connectivity index is 1.59. The SMILES string of the molecule is Cc1cccc(NC(=O)[C@H]2Sc3[nH]c(=O)sc3[C@@H]3c4ccccc4OC(=O)[C@H]32)c1. The number of aryl methyl sites for hydroxylation is 1. The van der Waals surface area contributed by atoms with Gasteiger partial charge in [-0.3, -0.25) is 14.4 Å². The molecule has 1 amide bonds. The van der Waals surface area contributed by atoms with Crippen LogP contribution >= 0.6 is 23.1 Å². The molecule has 8 heteroatoms. The minimum absolute atomic E-state index is 0.197. The molecule has 2 N–H and O–H groups in total. The molecule has 6 nitrogen and oxygen atoms in total. The van der Waals surface area contributed by atoms with E-state index in [9.17, 15) is 14.4 Å². The number of fused-ring (bicyclic) bond motifs is 5. The van der Waals surface area contributed by atoms with Crippen molar-refractivity contribution >= 4 is 40.7 Å². The van der Waals surface area contributed by atoms with Gasteiger partial charge in [-0.2, -0.15) is 0 Å². The maximum atomic E-state index is 13.2. The fourth-order valence-corrected chi connectivity index (χ4v) is 6.37. The second kappa shape index (κ2) is 6.89. The highest BCUT2D eigenvalue weighted by atomic mass is 32.2. The first kappa shape index (κ1) is 18.2. The van der Waals surface area contributed by atoms with E-state index in [1.807, 2.05) is 43.3 Å². The highest BCUT2D eigenvalue weighted by molar-refractivity contribution is 8.00. The third kappa shape index (κ3) is 3.08. The maximum Gasteiger partial charge on any atom is 0.317 e. The van der Waals surface area contributed by atoms with Crippen molar-refractivity contribution in [2.45, 2.75) is 23.1 Å². The standard InChI is InChI=1S/C21H16N2O4S2/c1-10-5-4-6-11(9-10)22-18(24)16-15-14(17-19(28-16)23-21(26)29-17)12-7-2-3-8-13(12)27-20(15)25/h2-9,14-16H,1H3,(H,22,24)(H,23,26)/t14-,15-,16+/m1/s1. The zero-order valence-corrected chi connectivity index (χ0v) is 16.9. The number of carbonyl (C=O) groups is 2. The third-order valence-corrected chi connectivity index (χ3v) is 7.55. The Labute approximate surface area is 174 Å². The van der Waals surface area contributed by atoms with Crippen LogP contribution in [-0.4, -0.2) is 22.1 Å². The summed E-state index contributed by atoms with van der Waals surface area (Å²) in [5.41, 5.74) is 2.51. The zero-order valence-electron chi connectivity index (χ0n) is 15.3. The van der Waals surface area contributed by atoms with Crippen LogP contribution in [0.25, 0.3) is 0 Å². The van der Waals surface area contributed by atoms with E-state index < -0.39 is 17.1 Å². The van der Waals surface area contributed by atoms with Crippen molar-refractivity contribution in [3.8, 4) is 5.75 Å². The van der Waals surface area contributed by atoms with E-state index in [1.165, 1.54) is 11.8 Å². The highest BCUT2D eigenvalue weighted by Gasteiger charge is 2.51. The van der Waals surface area contributed by atoms with Crippen LogP contribution in [0.1, 0.15) is 21.9 Å². The summed E-state index contributed by atoms with van der Waals surface area (Å²) in [5.74, 6) is -1.35. The minimum Gasteiger partial charge on any atom is -0.426 e. The fourth-order valence-electron chi connectivity index (χ4n) is 3.91. The number of thiazole rings is 1. The molecule has 0 saturated carbocycles. The van der Waals surface area contributed by atoms with Crippen LogP contribution in [-0.2, 0) is 9.59 Å². The number of para-hydroxylation sites is 1. The quantitative estimate of drug-likeness (QED) is 0.485. The predicted octanol–water partition coefficient (Wildman–Crippen LogP) is 3.52. The van der Waals surface area contributed by atoms with Gasteiger partial charge in [-0.25, -0.2) is 0 Å². The van der Waals surface area contributed by atoms with Gasteiger partial charge in [0, 0.05) is 22.0 Å². The van der Waals surface area contributed by atoms with Crippen molar-refractivity contribution in [2.24, 2.45) is 5.92 Å². The molecule has 3 aromatic rings. The summed E-state index contributed by atoms with van der Waals surface area (Å²) in [5, 5.41) is 2.84. The average molecular weight is 425 g/mol. The molecular formula is C21H16N2O4S2. The Morgan fingerprint density at radius 1 is 1.14 bits per heavy atom. The number of thioether (sulfide) groups is 1. The van der Waals surface area contributed by atoms with E-state index >= 15 is 0 Å². The summed E-state index contributed by atoms with van der Waals surface area (Å²) in [6, 6.07) is 14.8. The smallest absolute Gasteiger partial charge is 0.317 e. The number of hydrogen-bond acceptors (Lipinski definition) is 6. The van der Waals surface area contributed by atoms with Gasteiger partial charge in [0.15, 0.2) is 0 Å². The Morgan fingerprint density at radius 3 is 2.79 bits per heavy atom. The van der Waals surface area contributed by atoms with E-state index in [0.717, 1.165) is 27.3 Å². The molecule has 0 aliphatic carbocycles. The number of anilines is 1. The molecule has 2 aromatic carbocycles. The van der Waals surface area contributed by atoms with Crippen LogP contribution in [0.15, 0.2) is 58.4 Å². The van der Waals surface area contributed by atoms with Crippen LogP contribution < -0.4 is 14.9 Å². The van der Waals surface area contributed by atoms with Gasteiger partial charge in [-0.1, -0.05) is 53.4 Å². The monoisotopic (exact) mass is 424 g/mol. The van der Waals surface area contributed by atoms with Gasteiger partial charge >= 0.3 is 10.8 Å². The molecule has 1 aromatic heterocycles. The second-order valence-corrected chi connectivity index (χ2v) is 9.23. The van der Waals surface area contributed by atoms with E-state index in [0.29, 0.717) is 16.5 Å². The number of carbonyl (C=O) groups excluding carboxylic acids is 2. The number of benzene rings is 2. The Morgan fingerprint density at radius 2 is 1.97 bits per heavy atom. The van der Waals surface area contributed by atoms with Crippen LogP contribution in [0, 0.1) is 12.8 Å². The van der Waals surface area contributed by atoms with Crippen molar-refractivity contribution in [1.29, 1.82) is 0 Å². The predicted molar refractivity (Wildman–Crippen MR) is 112 cm³/mol. The molecule has 0 unspecified atom stereocenters. The molecule has 0 saturated heterocycles. The molecule has 0 radical (unpaired) electrons. The van der Waals surface area contributed by atoms with Gasteiger partial charge in [-0.05, 0) is 30.7 Å². The summed E-state index contributed by atoms with van der Waals surface area (Å²) < 4.78 is 5.56. The van der Waals surface area contributed by atoms with Crippen molar-refractivity contribution in [2.75, 3.05) is 5.32 Å². The lowest BCUT2D eigenvalue weighted by molar-refractivity contribution is -0.142. The summed E-state index contributed by atoms with van der Waals surface area (Å²) in [7, 11) is 0. The van der Waals surface area contributed by atoms with E-state index in [4.69, 9.17) is 4.74 Å². The van der Waals surface area contributed by atoms with E-state index in [2.05, 4.69) is 10.3 Å². The van der Waals surface area contributed by atoms with Crippen LogP contribution in [0.5, 0.6) is 5.75 Å². The number of nitrogens with one attached hydrogen (secondary N) is 2. The number of hydrogen-bond donors (Lipinski definition) is 2. The number of H-pyrrole nitrogens is 1. The topological polar surface area (TPSA) is 88.3 Å². The number of aromatic nitrogens is 1. The van der Waals surface area contributed by atoms with E-state index in [1.54, 1.807) is 12.1 Å². The molecule has 0 bridgehead atoms. The van der Waals surface area contributed by atoms with Gasteiger partial charge in [0.05, 0.1) is 10.9 Å². The molecule has 2 aliphatic heterocycles. The molecule has 3 heterocycles. The molecule has 2 aliphatic rings. The van der Waals surface area contributed by atoms with Gasteiger partial charge in [0.1, 0.15) is 11.0 Å². The Bertz CT molecular complexity index is 1200.